The van der Waals surface area contributed by atoms with Crippen molar-refractivity contribution in [3.63, 3.8) is 0 Å². The summed E-state index contributed by atoms with van der Waals surface area (Å²) >= 11 is 0. The summed E-state index contributed by atoms with van der Waals surface area (Å²) in [6, 6.07) is 0. The summed E-state index contributed by atoms with van der Waals surface area (Å²) in [6.07, 6.45) is 5.37. The summed E-state index contributed by atoms with van der Waals surface area (Å²) in [6.45, 7) is 2.86. The molecule has 0 unspecified atom stereocenters. The fraction of sp³-hybridized carbons (Fsp3) is 1.00. The molecule has 86 valence electrons. The van der Waals surface area contributed by atoms with Crippen molar-refractivity contribution in [1.82, 2.24) is 0 Å². The number of rotatable bonds is 9. The van der Waals surface area contributed by atoms with Crippen molar-refractivity contribution in [3.05, 3.63) is 0 Å². The minimum atomic E-state index is 0.175. The van der Waals surface area contributed by atoms with E-state index in [1.165, 1.54) is 0 Å². The highest BCUT2D eigenvalue weighted by Gasteiger charge is 2.22. The molecule has 0 atom stereocenters. The summed E-state index contributed by atoms with van der Waals surface area (Å²) in [5, 5.41) is 26.3. The predicted octanol–water partition coefficient (Wildman–Crippen LogP) is 1.31. The Bertz CT molecular complexity index is 104. The van der Waals surface area contributed by atoms with Gasteiger partial charge in [-0.05, 0) is 43.9 Å². The maximum Gasteiger partial charge on any atom is 0.0431 e. The van der Waals surface area contributed by atoms with E-state index in [-0.39, 0.29) is 25.2 Å². The molecule has 0 aromatic carbocycles. The second kappa shape index (κ2) is 8.21. The zero-order valence-electron chi connectivity index (χ0n) is 9.21. The molecule has 3 N–H and O–H groups in total. The molecule has 0 aliphatic heterocycles. The second-order valence-electron chi connectivity index (χ2n) is 4.29. The van der Waals surface area contributed by atoms with Gasteiger partial charge in [-0.25, -0.2) is 0 Å². The molecule has 14 heavy (non-hydrogen) atoms. The molecular weight excluding hydrogens is 180 g/mol. The van der Waals surface area contributed by atoms with E-state index in [1.54, 1.807) is 0 Å². The Hall–Kier alpha value is -0.120. The Morgan fingerprint density at radius 2 is 1.00 bits per heavy atom. The Balaban J connectivity index is 3.89. The van der Waals surface area contributed by atoms with Gasteiger partial charge in [0.25, 0.3) is 0 Å². The van der Waals surface area contributed by atoms with Crippen LogP contribution in [0.15, 0.2) is 0 Å². The van der Waals surface area contributed by atoms with Crippen LogP contribution in [-0.2, 0) is 0 Å². The zero-order valence-corrected chi connectivity index (χ0v) is 9.21. The van der Waals surface area contributed by atoms with Crippen LogP contribution < -0.4 is 0 Å². The summed E-state index contributed by atoms with van der Waals surface area (Å²) in [5.41, 5.74) is 0.175. The van der Waals surface area contributed by atoms with E-state index in [4.69, 9.17) is 15.3 Å². The quantitative estimate of drug-likeness (QED) is 0.530. The van der Waals surface area contributed by atoms with Gasteiger partial charge in [-0.2, -0.15) is 0 Å². The second-order valence-corrected chi connectivity index (χ2v) is 4.29. The first-order chi connectivity index (χ1) is 6.68. The molecule has 0 rings (SSSR count). The van der Waals surface area contributed by atoms with Crippen molar-refractivity contribution in [2.45, 2.75) is 45.4 Å². The molecule has 3 nitrogen and oxygen atoms in total. The van der Waals surface area contributed by atoms with Gasteiger partial charge in [0.1, 0.15) is 0 Å². The molecular formula is C11H24O3. The lowest BCUT2D eigenvalue weighted by molar-refractivity contribution is 0.165. The largest absolute Gasteiger partial charge is 0.396 e. The third-order valence-electron chi connectivity index (χ3n) is 2.82. The van der Waals surface area contributed by atoms with Crippen molar-refractivity contribution in [3.8, 4) is 0 Å². The fourth-order valence-corrected chi connectivity index (χ4v) is 1.89. The average molecular weight is 204 g/mol. The van der Waals surface area contributed by atoms with Crippen LogP contribution in [0.25, 0.3) is 0 Å². The van der Waals surface area contributed by atoms with Crippen LogP contribution in [0.2, 0.25) is 0 Å². The number of aliphatic hydroxyl groups excluding tert-OH is 3. The number of hydrogen-bond acceptors (Lipinski definition) is 3. The molecule has 0 aliphatic carbocycles. The van der Waals surface area contributed by atoms with Gasteiger partial charge < -0.3 is 15.3 Å². The lowest BCUT2D eigenvalue weighted by Crippen LogP contribution is -2.18. The lowest BCUT2D eigenvalue weighted by atomic mass is 9.77. The minimum Gasteiger partial charge on any atom is -0.396 e. The summed E-state index contributed by atoms with van der Waals surface area (Å²) in [5.74, 6) is 0. The van der Waals surface area contributed by atoms with Crippen molar-refractivity contribution in [2.24, 2.45) is 5.41 Å². The molecule has 0 saturated carbocycles. The van der Waals surface area contributed by atoms with E-state index in [9.17, 15) is 0 Å². The van der Waals surface area contributed by atoms with Crippen molar-refractivity contribution >= 4 is 0 Å². The maximum absolute atomic E-state index is 8.78. The molecule has 0 bridgehead atoms. The predicted molar refractivity (Wildman–Crippen MR) is 57.1 cm³/mol. The van der Waals surface area contributed by atoms with Crippen LogP contribution in [0.1, 0.15) is 45.4 Å². The number of aliphatic hydroxyl groups is 3. The highest BCUT2D eigenvalue weighted by atomic mass is 16.3. The third-order valence-corrected chi connectivity index (χ3v) is 2.82. The Morgan fingerprint density at radius 1 is 0.714 bits per heavy atom. The SMILES string of the molecule is CC(CCCO)(CCCO)CCCO. The Morgan fingerprint density at radius 3 is 1.21 bits per heavy atom. The van der Waals surface area contributed by atoms with E-state index in [0.717, 1.165) is 38.5 Å². The van der Waals surface area contributed by atoms with Crippen LogP contribution in [-0.4, -0.2) is 35.1 Å². The van der Waals surface area contributed by atoms with Crippen LogP contribution in [0.4, 0.5) is 0 Å². The summed E-state index contributed by atoms with van der Waals surface area (Å²) < 4.78 is 0. The average Bonchev–Trinajstić information content (AvgIpc) is 2.21. The van der Waals surface area contributed by atoms with Crippen LogP contribution in [0.3, 0.4) is 0 Å². The van der Waals surface area contributed by atoms with E-state index in [0.29, 0.717) is 0 Å². The first-order valence-electron chi connectivity index (χ1n) is 5.51. The van der Waals surface area contributed by atoms with Crippen LogP contribution >= 0.6 is 0 Å². The molecule has 0 fully saturated rings. The van der Waals surface area contributed by atoms with Gasteiger partial charge in [0.05, 0.1) is 0 Å². The van der Waals surface area contributed by atoms with Crippen molar-refractivity contribution < 1.29 is 15.3 Å². The van der Waals surface area contributed by atoms with Crippen molar-refractivity contribution in [2.75, 3.05) is 19.8 Å². The number of hydrogen-bond donors (Lipinski definition) is 3. The Kier molecular flexibility index (Phi) is 8.14. The van der Waals surface area contributed by atoms with Gasteiger partial charge in [-0.3, -0.25) is 0 Å². The summed E-state index contributed by atoms with van der Waals surface area (Å²) in [7, 11) is 0. The molecule has 0 saturated heterocycles. The monoisotopic (exact) mass is 204 g/mol. The first-order valence-corrected chi connectivity index (χ1v) is 5.51. The maximum atomic E-state index is 8.78. The molecule has 0 aromatic rings. The zero-order chi connectivity index (χ0) is 10.9. The molecule has 3 heteroatoms. The minimum absolute atomic E-state index is 0.175. The normalized spacial score (nSPS) is 12.0. The smallest absolute Gasteiger partial charge is 0.0431 e. The van der Waals surface area contributed by atoms with E-state index >= 15 is 0 Å². The topological polar surface area (TPSA) is 60.7 Å². The highest BCUT2D eigenvalue weighted by Crippen LogP contribution is 2.33. The van der Waals surface area contributed by atoms with Crippen LogP contribution in [0, 0.1) is 5.41 Å². The van der Waals surface area contributed by atoms with Gasteiger partial charge in [-0.1, -0.05) is 6.92 Å². The molecule has 0 spiro atoms. The molecule has 0 aromatic heterocycles. The van der Waals surface area contributed by atoms with Gasteiger partial charge in [-0.15, -0.1) is 0 Å². The third kappa shape index (κ3) is 6.35. The fourth-order valence-electron chi connectivity index (χ4n) is 1.89. The van der Waals surface area contributed by atoms with E-state index in [2.05, 4.69) is 6.92 Å². The van der Waals surface area contributed by atoms with Crippen LogP contribution in [0.5, 0.6) is 0 Å². The standard InChI is InChI=1S/C11H24O3/c1-11(5-2-8-12,6-3-9-13)7-4-10-14/h12-14H,2-10H2,1H3. The molecule has 0 aliphatic rings. The summed E-state index contributed by atoms with van der Waals surface area (Å²) in [4.78, 5) is 0. The first kappa shape index (κ1) is 13.9. The van der Waals surface area contributed by atoms with Crippen molar-refractivity contribution in [1.29, 1.82) is 0 Å². The highest BCUT2D eigenvalue weighted by molar-refractivity contribution is 4.74. The molecule has 0 radical (unpaired) electrons. The van der Waals surface area contributed by atoms with E-state index in [1.807, 2.05) is 0 Å². The Labute approximate surface area is 86.8 Å². The van der Waals surface area contributed by atoms with Gasteiger partial charge in [0.2, 0.25) is 0 Å². The van der Waals surface area contributed by atoms with Gasteiger partial charge in [0, 0.05) is 19.8 Å². The van der Waals surface area contributed by atoms with Gasteiger partial charge in [0.15, 0.2) is 0 Å². The molecule has 0 heterocycles. The molecule has 0 amide bonds. The van der Waals surface area contributed by atoms with E-state index < -0.39 is 0 Å². The van der Waals surface area contributed by atoms with Gasteiger partial charge >= 0.3 is 0 Å². The lowest BCUT2D eigenvalue weighted by Gasteiger charge is -2.29.